The van der Waals surface area contributed by atoms with Crippen LogP contribution in [0, 0.1) is 20.8 Å². The van der Waals surface area contributed by atoms with Crippen molar-refractivity contribution in [3.63, 3.8) is 0 Å². The number of aromatic amines is 1. The van der Waals surface area contributed by atoms with Crippen molar-refractivity contribution in [3.05, 3.63) is 40.6 Å². The minimum Gasteiger partial charge on any atom is -0.487 e. The Morgan fingerprint density at radius 3 is 2.35 bits per heavy atom. The summed E-state index contributed by atoms with van der Waals surface area (Å²) in [5, 5.41) is 6.69. The number of hydrogen-bond acceptors (Lipinski definition) is 3. The largest absolute Gasteiger partial charge is 0.487 e. The zero-order chi connectivity index (χ0) is 12.4. The fourth-order valence-corrected chi connectivity index (χ4v) is 2.00. The van der Waals surface area contributed by atoms with Gasteiger partial charge in [0, 0.05) is 6.07 Å². The fraction of sp³-hybridized carbons (Fsp3) is 0.308. The molecule has 0 unspecified atom stereocenters. The van der Waals surface area contributed by atoms with Crippen LogP contribution in [0.25, 0.3) is 0 Å². The normalized spacial score (nSPS) is 10.5. The molecular weight excluding hydrogens is 214 g/mol. The predicted molar refractivity (Wildman–Crippen MR) is 68.0 cm³/mol. The highest BCUT2D eigenvalue weighted by molar-refractivity contribution is 5.43. The van der Waals surface area contributed by atoms with Gasteiger partial charge in [0.2, 0.25) is 0 Å². The van der Waals surface area contributed by atoms with E-state index in [1.807, 2.05) is 0 Å². The maximum atomic E-state index is 5.80. The summed E-state index contributed by atoms with van der Waals surface area (Å²) >= 11 is 0. The summed E-state index contributed by atoms with van der Waals surface area (Å²) in [6.07, 6.45) is 0. The van der Waals surface area contributed by atoms with Crippen molar-refractivity contribution in [2.45, 2.75) is 27.4 Å². The van der Waals surface area contributed by atoms with Gasteiger partial charge in [-0.15, -0.1) is 0 Å². The van der Waals surface area contributed by atoms with E-state index in [1.165, 1.54) is 5.56 Å². The van der Waals surface area contributed by atoms with Crippen molar-refractivity contribution in [2.75, 3.05) is 5.73 Å². The number of nitrogens with zero attached hydrogens (tertiary/aromatic N) is 1. The van der Waals surface area contributed by atoms with Crippen molar-refractivity contribution in [3.8, 4) is 5.75 Å². The molecule has 0 saturated heterocycles. The molecule has 1 heterocycles. The Bertz CT molecular complexity index is 508. The molecule has 90 valence electrons. The Balaban J connectivity index is 2.14. The van der Waals surface area contributed by atoms with Crippen LogP contribution in [-0.4, -0.2) is 10.2 Å². The first-order valence-corrected chi connectivity index (χ1v) is 5.56. The maximum absolute atomic E-state index is 5.80. The van der Waals surface area contributed by atoms with Crippen molar-refractivity contribution in [1.82, 2.24) is 10.2 Å². The molecule has 0 radical (unpaired) electrons. The number of nitrogen functional groups attached to an aromatic ring is 1. The third-order valence-corrected chi connectivity index (χ3v) is 2.63. The molecule has 0 saturated carbocycles. The summed E-state index contributed by atoms with van der Waals surface area (Å²) < 4.78 is 5.80. The summed E-state index contributed by atoms with van der Waals surface area (Å²) in [6, 6.07) is 6.01. The third kappa shape index (κ3) is 2.58. The molecule has 0 spiro atoms. The van der Waals surface area contributed by atoms with E-state index in [2.05, 4.69) is 43.1 Å². The summed E-state index contributed by atoms with van der Waals surface area (Å²) in [4.78, 5) is 0. The molecule has 1 aromatic heterocycles. The van der Waals surface area contributed by atoms with Crippen molar-refractivity contribution >= 4 is 5.82 Å². The Morgan fingerprint density at radius 1 is 1.18 bits per heavy atom. The highest BCUT2D eigenvalue weighted by Crippen LogP contribution is 2.25. The molecule has 0 fully saturated rings. The van der Waals surface area contributed by atoms with Crippen LogP contribution in [0.4, 0.5) is 5.82 Å². The molecule has 0 atom stereocenters. The van der Waals surface area contributed by atoms with E-state index in [4.69, 9.17) is 10.5 Å². The average Bonchev–Trinajstić information content (AvgIpc) is 2.62. The van der Waals surface area contributed by atoms with Gasteiger partial charge in [0.05, 0.1) is 5.69 Å². The quantitative estimate of drug-likeness (QED) is 0.853. The molecule has 4 heteroatoms. The first-order chi connectivity index (χ1) is 8.06. The highest BCUT2D eigenvalue weighted by Gasteiger charge is 2.06. The molecular formula is C13H17N3O. The highest BCUT2D eigenvalue weighted by atomic mass is 16.5. The van der Waals surface area contributed by atoms with Gasteiger partial charge in [0.15, 0.2) is 0 Å². The van der Waals surface area contributed by atoms with E-state index in [1.54, 1.807) is 6.07 Å². The van der Waals surface area contributed by atoms with Crippen LogP contribution in [-0.2, 0) is 6.61 Å². The summed E-state index contributed by atoms with van der Waals surface area (Å²) in [7, 11) is 0. The lowest BCUT2D eigenvalue weighted by Crippen LogP contribution is -1.99. The van der Waals surface area contributed by atoms with Crippen molar-refractivity contribution < 1.29 is 4.74 Å². The Hall–Kier alpha value is -1.97. The predicted octanol–water partition coefficient (Wildman–Crippen LogP) is 2.50. The molecule has 0 aliphatic heterocycles. The van der Waals surface area contributed by atoms with Gasteiger partial charge in [0.1, 0.15) is 18.2 Å². The number of ether oxygens (including phenoxy) is 1. The first-order valence-electron chi connectivity index (χ1n) is 5.56. The molecule has 0 bridgehead atoms. The molecule has 0 amide bonds. The third-order valence-electron chi connectivity index (χ3n) is 2.63. The molecule has 4 nitrogen and oxygen atoms in total. The Morgan fingerprint density at radius 2 is 1.82 bits per heavy atom. The number of H-pyrrole nitrogens is 1. The van der Waals surface area contributed by atoms with Crippen LogP contribution < -0.4 is 10.5 Å². The van der Waals surface area contributed by atoms with E-state index < -0.39 is 0 Å². The lowest BCUT2D eigenvalue weighted by atomic mass is 10.1. The molecule has 2 aromatic rings. The van der Waals surface area contributed by atoms with Gasteiger partial charge in [-0.25, -0.2) is 0 Å². The minimum absolute atomic E-state index is 0.453. The lowest BCUT2D eigenvalue weighted by Gasteiger charge is -2.12. The van der Waals surface area contributed by atoms with E-state index in [9.17, 15) is 0 Å². The van der Waals surface area contributed by atoms with E-state index in [0.717, 1.165) is 22.6 Å². The van der Waals surface area contributed by atoms with Crippen LogP contribution in [0.15, 0.2) is 18.2 Å². The number of benzene rings is 1. The number of rotatable bonds is 3. The second-order valence-electron chi connectivity index (χ2n) is 4.33. The van der Waals surface area contributed by atoms with Crippen LogP contribution in [0.1, 0.15) is 22.4 Å². The Kier molecular flexibility index (Phi) is 3.04. The summed E-state index contributed by atoms with van der Waals surface area (Å²) in [5.41, 5.74) is 9.95. The van der Waals surface area contributed by atoms with Crippen molar-refractivity contribution in [1.29, 1.82) is 0 Å². The van der Waals surface area contributed by atoms with Gasteiger partial charge < -0.3 is 10.5 Å². The standard InChI is InChI=1S/C13H17N3O/c1-8-4-9(2)13(10(3)5-8)17-7-11-6-12(14)16-15-11/h4-6H,7H2,1-3H3,(H3,14,15,16). The number of nitrogens with one attached hydrogen (secondary N) is 1. The van der Waals surface area contributed by atoms with E-state index in [0.29, 0.717) is 12.4 Å². The number of anilines is 1. The second kappa shape index (κ2) is 4.49. The molecule has 17 heavy (non-hydrogen) atoms. The topological polar surface area (TPSA) is 63.9 Å². The minimum atomic E-state index is 0.453. The Labute approximate surface area is 101 Å². The zero-order valence-corrected chi connectivity index (χ0v) is 10.4. The van der Waals surface area contributed by atoms with Crippen LogP contribution in [0.2, 0.25) is 0 Å². The first kappa shape index (κ1) is 11.5. The summed E-state index contributed by atoms with van der Waals surface area (Å²) in [6.45, 7) is 6.64. The van der Waals surface area contributed by atoms with Gasteiger partial charge in [-0.3, -0.25) is 5.10 Å². The molecule has 2 rings (SSSR count). The molecule has 1 aromatic carbocycles. The van der Waals surface area contributed by atoms with Crippen LogP contribution in [0.5, 0.6) is 5.75 Å². The second-order valence-corrected chi connectivity index (χ2v) is 4.33. The van der Waals surface area contributed by atoms with Gasteiger partial charge in [0.25, 0.3) is 0 Å². The van der Waals surface area contributed by atoms with E-state index >= 15 is 0 Å². The zero-order valence-electron chi connectivity index (χ0n) is 10.4. The van der Waals surface area contributed by atoms with Crippen LogP contribution >= 0.6 is 0 Å². The average molecular weight is 231 g/mol. The SMILES string of the molecule is Cc1cc(C)c(OCc2cc(N)n[nH]2)c(C)c1. The fourth-order valence-electron chi connectivity index (χ4n) is 2.00. The smallest absolute Gasteiger partial charge is 0.145 e. The molecule has 3 N–H and O–H groups in total. The monoisotopic (exact) mass is 231 g/mol. The number of nitrogens with two attached hydrogens (primary N) is 1. The van der Waals surface area contributed by atoms with Gasteiger partial charge >= 0.3 is 0 Å². The number of aromatic nitrogens is 2. The van der Waals surface area contributed by atoms with Crippen LogP contribution in [0.3, 0.4) is 0 Å². The van der Waals surface area contributed by atoms with Gasteiger partial charge in [-0.1, -0.05) is 17.7 Å². The molecule has 0 aliphatic carbocycles. The van der Waals surface area contributed by atoms with Crippen molar-refractivity contribution in [2.24, 2.45) is 0 Å². The van der Waals surface area contributed by atoms with Gasteiger partial charge in [-0.2, -0.15) is 5.10 Å². The molecule has 0 aliphatic rings. The number of hydrogen-bond donors (Lipinski definition) is 2. The maximum Gasteiger partial charge on any atom is 0.145 e. The number of aryl methyl sites for hydroxylation is 3. The lowest BCUT2D eigenvalue weighted by molar-refractivity contribution is 0.297. The summed E-state index contributed by atoms with van der Waals surface area (Å²) in [5.74, 6) is 1.42. The van der Waals surface area contributed by atoms with Gasteiger partial charge in [-0.05, 0) is 31.9 Å². The van der Waals surface area contributed by atoms with E-state index in [-0.39, 0.29) is 0 Å².